The van der Waals surface area contributed by atoms with E-state index >= 15 is 0 Å². The van der Waals surface area contributed by atoms with E-state index in [-0.39, 0.29) is 12.6 Å². The lowest BCUT2D eigenvalue weighted by molar-refractivity contribution is 0.281. The molecular weight excluding hydrogens is 230 g/mol. The van der Waals surface area contributed by atoms with Crippen molar-refractivity contribution in [3.05, 3.63) is 33.8 Å². The van der Waals surface area contributed by atoms with Gasteiger partial charge in [0.1, 0.15) is 0 Å². The van der Waals surface area contributed by atoms with E-state index in [0.717, 1.165) is 16.5 Å². The molecule has 0 radical (unpaired) electrons. The molecule has 1 rings (SSSR count). The van der Waals surface area contributed by atoms with Crippen LogP contribution in [0.15, 0.2) is 22.7 Å². The van der Waals surface area contributed by atoms with Crippen LogP contribution in [0.25, 0.3) is 0 Å². The van der Waals surface area contributed by atoms with E-state index in [1.165, 1.54) is 5.56 Å². The maximum atomic E-state index is 8.89. The molecule has 0 aliphatic carbocycles. The van der Waals surface area contributed by atoms with Gasteiger partial charge in [-0.3, -0.25) is 0 Å². The van der Waals surface area contributed by atoms with Crippen LogP contribution in [-0.2, 0) is 13.0 Å². The Morgan fingerprint density at radius 3 is 2.69 bits per heavy atom. The number of nitrogens with two attached hydrogens (primary N) is 1. The summed E-state index contributed by atoms with van der Waals surface area (Å²) in [6.45, 7) is 2.06. The Morgan fingerprint density at radius 2 is 2.23 bits per heavy atom. The second-order valence-corrected chi connectivity index (χ2v) is 4.12. The molecule has 1 atom stereocenters. The number of aliphatic hydroxyl groups excluding tert-OH is 1. The number of benzene rings is 1. The molecule has 0 saturated heterocycles. The van der Waals surface area contributed by atoms with Crippen molar-refractivity contribution in [1.29, 1.82) is 0 Å². The Hall–Kier alpha value is -0.380. The fraction of sp³-hybridized carbons (Fsp3) is 0.400. The number of hydrogen-bond donors (Lipinski definition) is 2. The minimum atomic E-state index is 0.0804. The van der Waals surface area contributed by atoms with Gasteiger partial charge in [-0.25, -0.2) is 0 Å². The van der Waals surface area contributed by atoms with Gasteiger partial charge in [0.15, 0.2) is 0 Å². The highest BCUT2D eigenvalue weighted by molar-refractivity contribution is 9.10. The number of hydrogen-bond acceptors (Lipinski definition) is 2. The fourth-order valence-corrected chi connectivity index (χ4v) is 1.79. The molecule has 0 bridgehead atoms. The lowest BCUT2D eigenvalue weighted by Gasteiger charge is -2.08. The average molecular weight is 244 g/mol. The van der Waals surface area contributed by atoms with E-state index < -0.39 is 0 Å². The minimum Gasteiger partial charge on any atom is -0.392 e. The van der Waals surface area contributed by atoms with Gasteiger partial charge in [-0.15, -0.1) is 0 Å². The Kier molecular flexibility index (Phi) is 3.90. The van der Waals surface area contributed by atoms with Crippen LogP contribution in [0.5, 0.6) is 0 Å². The van der Waals surface area contributed by atoms with Gasteiger partial charge in [-0.1, -0.05) is 28.1 Å². The highest BCUT2D eigenvalue weighted by Crippen LogP contribution is 2.19. The van der Waals surface area contributed by atoms with Crippen molar-refractivity contribution < 1.29 is 5.11 Å². The molecule has 0 heterocycles. The van der Waals surface area contributed by atoms with Crippen LogP contribution in [0.2, 0.25) is 0 Å². The highest BCUT2D eigenvalue weighted by Gasteiger charge is 2.03. The molecule has 13 heavy (non-hydrogen) atoms. The molecule has 0 amide bonds. The summed E-state index contributed by atoms with van der Waals surface area (Å²) in [6.07, 6.45) is 0.853. The monoisotopic (exact) mass is 243 g/mol. The largest absolute Gasteiger partial charge is 0.392 e. The van der Waals surface area contributed by atoms with Gasteiger partial charge in [0.25, 0.3) is 0 Å². The van der Waals surface area contributed by atoms with Gasteiger partial charge in [0.05, 0.1) is 6.61 Å². The zero-order chi connectivity index (χ0) is 9.84. The van der Waals surface area contributed by atoms with Gasteiger partial charge in [0.2, 0.25) is 0 Å². The van der Waals surface area contributed by atoms with Crippen molar-refractivity contribution in [1.82, 2.24) is 0 Å². The minimum absolute atomic E-state index is 0.0804. The van der Waals surface area contributed by atoms with E-state index in [4.69, 9.17) is 10.8 Å². The summed E-state index contributed by atoms with van der Waals surface area (Å²) in [6, 6.07) is 6.01. The van der Waals surface area contributed by atoms with Crippen molar-refractivity contribution in [2.45, 2.75) is 26.0 Å². The molecule has 1 unspecified atom stereocenters. The van der Waals surface area contributed by atoms with Crippen LogP contribution in [0, 0.1) is 0 Å². The second-order valence-electron chi connectivity index (χ2n) is 3.27. The van der Waals surface area contributed by atoms with Crippen molar-refractivity contribution >= 4 is 15.9 Å². The van der Waals surface area contributed by atoms with Gasteiger partial charge in [-0.2, -0.15) is 0 Å². The zero-order valence-electron chi connectivity index (χ0n) is 7.63. The Morgan fingerprint density at radius 1 is 1.54 bits per heavy atom. The van der Waals surface area contributed by atoms with E-state index in [1.807, 2.05) is 25.1 Å². The Balaban J connectivity index is 2.85. The maximum absolute atomic E-state index is 8.89. The molecule has 1 aromatic carbocycles. The van der Waals surface area contributed by atoms with Crippen molar-refractivity contribution in [3.63, 3.8) is 0 Å². The first-order valence-corrected chi connectivity index (χ1v) is 5.06. The summed E-state index contributed by atoms with van der Waals surface area (Å²) in [4.78, 5) is 0. The Bertz CT molecular complexity index is 286. The van der Waals surface area contributed by atoms with E-state index in [2.05, 4.69) is 15.9 Å². The molecule has 1 aromatic rings. The molecular formula is C10H14BrNO. The molecule has 3 heteroatoms. The van der Waals surface area contributed by atoms with Crippen molar-refractivity contribution in [3.8, 4) is 0 Å². The lowest BCUT2D eigenvalue weighted by Crippen LogP contribution is -2.18. The summed E-state index contributed by atoms with van der Waals surface area (Å²) in [7, 11) is 0. The first-order chi connectivity index (χ1) is 6.13. The molecule has 3 N–H and O–H groups in total. The number of halogens is 1. The fourth-order valence-electron chi connectivity index (χ4n) is 1.20. The third-order valence-electron chi connectivity index (χ3n) is 1.84. The summed E-state index contributed by atoms with van der Waals surface area (Å²) >= 11 is 3.45. The smallest absolute Gasteiger partial charge is 0.0682 e. The summed E-state index contributed by atoms with van der Waals surface area (Å²) in [5, 5.41) is 8.89. The first-order valence-electron chi connectivity index (χ1n) is 4.27. The Labute approximate surface area is 86.9 Å². The molecule has 0 aliphatic rings. The summed E-state index contributed by atoms with van der Waals surface area (Å²) < 4.78 is 1.02. The van der Waals surface area contributed by atoms with Gasteiger partial charge in [-0.05, 0) is 30.5 Å². The maximum Gasteiger partial charge on any atom is 0.0682 e. The van der Waals surface area contributed by atoms with Crippen molar-refractivity contribution in [2.75, 3.05) is 0 Å². The van der Waals surface area contributed by atoms with Crippen LogP contribution in [-0.4, -0.2) is 11.1 Å². The number of aliphatic hydroxyl groups is 1. The summed E-state index contributed by atoms with van der Waals surface area (Å²) in [5.41, 5.74) is 7.80. The van der Waals surface area contributed by atoms with Crippen LogP contribution >= 0.6 is 15.9 Å². The predicted octanol–water partition coefficient (Wildman–Crippen LogP) is 1.83. The molecule has 2 nitrogen and oxygen atoms in total. The highest BCUT2D eigenvalue weighted by atomic mass is 79.9. The van der Waals surface area contributed by atoms with Crippen LogP contribution in [0.4, 0.5) is 0 Å². The zero-order valence-corrected chi connectivity index (χ0v) is 9.21. The normalized spacial score (nSPS) is 12.9. The van der Waals surface area contributed by atoms with Gasteiger partial charge in [0, 0.05) is 10.5 Å². The van der Waals surface area contributed by atoms with Crippen LogP contribution < -0.4 is 5.73 Å². The topological polar surface area (TPSA) is 46.2 Å². The lowest BCUT2D eigenvalue weighted by atomic mass is 10.1. The molecule has 0 saturated carbocycles. The third kappa shape index (κ3) is 3.10. The van der Waals surface area contributed by atoms with E-state index in [1.54, 1.807) is 0 Å². The summed E-state index contributed by atoms with van der Waals surface area (Å²) in [5.74, 6) is 0. The average Bonchev–Trinajstić information content (AvgIpc) is 2.08. The number of rotatable bonds is 3. The predicted molar refractivity (Wildman–Crippen MR) is 57.4 cm³/mol. The van der Waals surface area contributed by atoms with Gasteiger partial charge < -0.3 is 10.8 Å². The van der Waals surface area contributed by atoms with Crippen LogP contribution in [0.1, 0.15) is 18.1 Å². The quantitative estimate of drug-likeness (QED) is 0.852. The SMILES string of the molecule is CC(N)Cc1ccc(CO)cc1Br. The molecule has 0 aromatic heterocycles. The second kappa shape index (κ2) is 4.74. The first kappa shape index (κ1) is 10.7. The standard InChI is InChI=1S/C10H14BrNO/c1-7(12)4-9-3-2-8(6-13)5-10(9)11/h2-3,5,7,13H,4,6,12H2,1H3. The molecule has 72 valence electrons. The van der Waals surface area contributed by atoms with Gasteiger partial charge >= 0.3 is 0 Å². The molecule has 0 spiro atoms. The molecule has 0 fully saturated rings. The van der Waals surface area contributed by atoms with Crippen LogP contribution in [0.3, 0.4) is 0 Å². The van der Waals surface area contributed by atoms with E-state index in [9.17, 15) is 0 Å². The van der Waals surface area contributed by atoms with E-state index in [0.29, 0.717) is 0 Å². The molecule has 0 aliphatic heterocycles. The van der Waals surface area contributed by atoms with Crippen molar-refractivity contribution in [2.24, 2.45) is 5.73 Å². The third-order valence-corrected chi connectivity index (χ3v) is 2.58.